The van der Waals surface area contributed by atoms with Gasteiger partial charge in [-0.2, -0.15) is 4.98 Å². The van der Waals surface area contributed by atoms with Gasteiger partial charge in [-0.1, -0.05) is 17.3 Å². The fraction of sp³-hybridized carbons (Fsp3) is 0.348. The zero-order valence-electron chi connectivity index (χ0n) is 17.2. The number of nitrogens with zero attached hydrogens (tertiary/aromatic N) is 2. The zero-order valence-corrected chi connectivity index (χ0v) is 17.2. The van der Waals surface area contributed by atoms with E-state index in [-0.39, 0.29) is 12.5 Å². The lowest BCUT2D eigenvalue weighted by Gasteiger charge is -2.21. The minimum Gasteiger partial charge on any atom is -0.497 e. The molecule has 1 atom stereocenters. The second-order valence-corrected chi connectivity index (χ2v) is 7.32. The second kappa shape index (κ2) is 8.98. The monoisotopic (exact) mass is 407 g/mol. The summed E-state index contributed by atoms with van der Waals surface area (Å²) in [6, 6.07) is 13.4. The molecule has 1 aliphatic carbocycles. The van der Waals surface area contributed by atoms with Gasteiger partial charge in [-0.15, -0.1) is 0 Å². The van der Waals surface area contributed by atoms with Gasteiger partial charge < -0.3 is 19.3 Å². The molecule has 7 nitrogen and oxygen atoms in total. The van der Waals surface area contributed by atoms with Gasteiger partial charge in [0, 0.05) is 5.56 Å². The van der Waals surface area contributed by atoms with Gasteiger partial charge in [0.05, 0.1) is 13.7 Å². The minimum atomic E-state index is -0.623. The van der Waals surface area contributed by atoms with E-state index in [0.29, 0.717) is 11.7 Å². The lowest BCUT2D eigenvalue weighted by molar-refractivity contribution is -0.127. The van der Waals surface area contributed by atoms with Crippen LogP contribution in [0.3, 0.4) is 0 Å². The van der Waals surface area contributed by atoms with Crippen molar-refractivity contribution >= 4 is 5.91 Å². The Balaban J connectivity index is 1.34. The third-order valence-electron chi connectivity index (χ3n) is 5.26. The summed E-state index contributed by atoms with van der Waals surface area (Å²) in [5.74, 6) is 2.12. The molecule has 7 heteroatoms. The molecule has 30 heavy (non-hydrogen) atoms. The van der Waals surface area contributed by atoms with E-state index in [9.17, 15) is 4.79 Å². The maximum absolute atomic E-state index is 12.5. The molecule has 0 radical (unpaired) electrons. The van der Waals surface area contributed by atoms with E-state index in [1.54, 1.807) is 14.0 Å². The van der Waals surface area contributed by atoms with Crippen LogP contribution in [0, 0.1) is 0 Å². The van der Waals surface area contributed by atoms with E-state index in [0.717, 1.165) is 36.3 Å². The molecule has 0 spiro atoms. The Hall–Kier alpha value is -3.35. The Morgan fingerprint density at radius 2 is 1.97 bits per heavy atom. The number of benzene rings is 2. The van der Waals surface area contributed by atoms with Crippen molar-refractivity contribution in [2.24, 2.45) is 0 Å². The van der Waals surface area contributed by atoms with E-state index in [4.69, 9.17) is 14.0 Å². The standard InChI is InChI=1S/C23H25N3O4/c1-15(29-20-9-5-7-16-6-3-4-8-19(16)20)23(27)24-14-21-25-22(26-30-21)17-10-12-18(28-2)13-11-17/h5,7,9-13,15H,3-4,6,8,14H2,1-2H3,(H,24,27)/t15-/m1/s1. The largest absolute Gasteiger partial charge is 0.497 e. The molecule has 1 aliphatic rings. The summed E-state index contributed by atoms with van der Waals surface area (Å²) in [6.07, 6.45) is 3.80. The van der Waals surface area contributed by atoms with Crippen LogP contribution >= 0.6 is 0 Å². The molecule has 0 unspecified atom stereocenters. The molecule has 2 aromatic carbocycles. The average molecular weight is 407 g/mol. The van der Waals surface area contributed by atoms with E-state index < -0.39 is 6.10 Å². The first kappa shape index (κ1) is 19.9. The lowest BCUT2D eigenvalue weighted by atomic mass is 9.91. The summed E-state index contributed by atoms with van der Waals surface area (Å²) in [7, 11) is 1.61. The van der Waals surface area contributed by atoms with Gasteiger partial charge in [-0.05, 0) is 74.1 Å². The highest BCUT2D eigenvalue weighted by molar-refractivity contribution is 5.80. The molecule has 0 fully saturated rings. The van der Waals surface area contributed by atoms with Crippen LogP contribution in [-0.2, 0) is 24.2 Å². The minimum absolute atomic E-state index is 0.141. The number of aryl methyl sites for hydroxylation is 1. The fourth-order valence-corrected chi connectivity index (χ4v) is 3.59. The molecule has 1 amide bonds. The van der Waals surface area contributed by atoms with Crippen molar-refractivity contribution in [1.82, 2.24) is 15.5 Å². The first-order valence-corrected chi connectivity index (χ1v) is 10.2. The van der Waals surface area contributed by atoms with Crippen molar-refractivity contribution in [3.8, 4) is 22.9 Å². The van der Waals surface area contributed by atoms with E-state index in [1.165, 1.54) is 17.5 Å². The van der Waals surface area contributed by atoms with Gasteiger partial charge in [0.15, 0.2) is 6.10 Å². The molecule has 0 saturated heterocycles. The normalized spacial score (nSPS) is 13.9. The van der Waals surface area contributed by atoms with Gasteiger partial charge in [0.1, 0.15) is 11.5 Å². The number of fused-ring (bicyclic) bond motifs is 1. The highest BCUT2D eigenvalue weighted by Crippen LogP contribution is 2.30. The van der Waals surface area contributed by atoms with E-state index in [2.05, 4.69) is 21.5 Å². The topological polar surface area (TPSA) is 86.5 Å². The zero-order chi connectivity index (χ0) is 20.9. The van der Waals surface area contributed by atoms with Gasteiger partial charge in [-0.25, -0.2) is 0 Å². The third-order valence-corrected chi connectivity index (χ3v) is 5.26. The molecule has 0 bridgehead atoms. The number of aromatic nitrogens is 2. The maximum Gasteiger partial charge on any atom is 0.261 e. The Kier molecular flexibility index (Phi) is 5.97. The van der Waals surface area contributed by atoms with Crippen LogP contribution in [0.5, 0.6) is 11.5 Å². The number of hydrogen-bond donors (Lipinski definition) is 1. The Labute approximate surface area is 175 Å². The summed E-state index contributed by atoms with van der Waals surface area (Å²) in [5.41, 5.74) is 3.36. The van der Waals surface area contributed by atoms with Crippen molar-refractivity contribution in [2.45, 2.75) is 45.3 Å². The number of carbonyl (C=O) groups is 1. The highest BCUT2D eigenvalue weighted by atomic mass is 16.5. The van der Waals surface area contributed by atoms with Crippen LogP contribution in [0.25, 0.3) is 11.4 Å². The first-order chi connectivity index (χ1) is 14.6. The summed E-state index contributed by atoms with van der Waals surface area (Å²) in [5, 5.41) is 6.77. The van der Waals surface area contributed by atoms with Crippen LogP contribution in [0.1, 0.15) is 36.8 Å². The maximum atomic E-state index is 12.5. The first-order valence-electron chi connectivity index (χ1n) is 10.2. The molecule has 3 aromatic rings. The number of methoxy groups -OCH3 is 1. The van der Waals surface area contributed by atoms with Crippen LogP contribution in [0.4, 0.5) is 0 Å². The average Bonchev–Trinajstić information content (AvgIpc) is 3.27. The Bertz CT molecular complexity index is 1010. The van der Waals surface area contributed by atoms with E-state index >= 15 is 0 Å². The summed E-state index contributed by atoms with van der Waals surface area (Å²) in [4.78, 5) is 16.8. The highest BCUT2D eigenvalue weighted by Gasteiger charge is 2.20. The fourth-order valence-electron chi connectivity index (χ4n) is 3.59. The number of nitrogens with one attached hydrogen (secondary N) is 1. The van der Waals surface area contributed by atoms with Crippen molar-refractivity contribution in [3.63, 3.8) is 0 Å². The Morgan fingerprint density at radius 1 is 1.17 bits per heavy atom. The predicted octanol–water partition coefficient (Wildman–Crippen LogP) is 3.71. The molecule has 0 aliphatic heterocycles. The molecule has 0 saturated carbocycles. The van der Waals surface area contributed by atoms with Crippen LogP contribution in [0.2, 0.25) is 0 Å². The summed E-state index contributed by atoms with van der Waals surface area (Å²) < 4.78 is 16.4. The number of ether oxygens (including phenoxy) is 2. The van der Waals surface area contributed by atoms with Gasteiger partial charge in [0.2, 0.25) is 11.7 Å². The van der Waals surface area contributed by atoms with Crippen molar-refractivity contribution in [1.29, 1.82) is 0 Å². The molecular formula is C23H25N3O4. The van der Waals surface area contributed by atoms with Crippen molar-refractivity contribution < 1.29 is 18.8 Å². The number of carbonyl (C=O) groups excluding carboxylic acids is 1. The SMILES string of the molecule is COc1ccc(-c2noc(CNC(=O)[C@@H](C)Oc3cccc4c3CCCC4)n2)cc1. The van der Waals surface area contributed by atoms with Crippen LogP contribution < -0.4 is 14.8 Å². The third kappa shape index (κ3) is 4.45. The lowest BCUT2D eigenvalue weighted by Crippen LogP contribution is -2.36. The molecular weight excluding hydrogens is 382 g/mol. The van der Waals surface area contributed by atoms with Crippen LogP contribution in [-0.4, -0.2) is 29.3 Å². The van der Waals surface area contributed by atoms with Gasteiger partial charge in [-0.3, -0.25) is 4.79 Å². The van der Waals surface area contributed by atoms with Crippen LogP contribution in [0.15, 0.2) is 47.0 Å². The Morgan fingerprint density at radius 3 is 2.77 bits per heavy atom. The molecule has 1 heterocycles. The second-order valence-electron chi connectivity index (χ2n) is 7.32. The quantitative estimate of drug-likeness (QED) is 0.643. The van der Waals surface area contributed by atoms with E-state index in [1.807, 2.05) is 36.4 Å². The smallest absolute Gasteiger partial charge is 0.261 e. The number of amides is 1. The summed E-state index contributed by atoms with van der Waals surface area (Å²) in [6.45, 7) is 1.89. The van der Waals surface area contributed by atoms with Crippen molar-refractivity contribution in [3.05, 3.63) is 59.5 Å². The summed E-state index contributed by atoms with van der Waals surface area (Å²) >= 11 is 0. The predicted molar refractivity (Wildman–Crippen MR) is 111 cm³/mol. The molecule has 1 aromatic heterocycles. The van der Waals surface area contributed by atoms with Crippen molar-refractivity contribution in [2.75, 3.05) is 7.11 Å². The molecule has 1 N–H and O–H groups in total. The molecule has 156 valence electrons. The van der Waals surface area contributed by atoms with Gasteiger partial charge in [0.25, 0.3) is 5.91 Å². The molecule has 4 rings (SSSR count). The number of hydrogen-bond acceptors (Lipinski definition) is 6. The number of rotatable bonds is 7. The van der Waals surface area contributed by atoms with Gasteiger partial charge >= 0.3 is 0 Å².